The summed E-state index contributed by atoms with van der Waals surface area (Å²) in [7, 11) is 0. The van der Waals surface area contributed by atoms with E-state index in [0.717, 1.165) is 10.5 Å². The van der Waals surface area contributed by atoms with Crippen LogP contribution in [0.25, 0.3) is 5.57 Å². The predicted molar refractivity (Wildman–Crippen MR) is 105 cm³/mol. The molecular formula is C22H14ClNO3. The Balaban J connectivity index is 1.53. The molecule has 0 saturated carbocycles. The normalized spacial score (nSPS) is 13.7. The number of carbonyl (C=O) groups is 2. The molecule has 1 aliphatic heterocycles. The highest BCUT2D eigenvalue weighted by atomic mass is 35.5. The number of rotatable bonds is 4. The lowest BCUT2D eigenvalue weighted by Crippen LogP contribution is -2.30. The van der Waals surface area contributed by atoms with Crippen molar-refractivity contribution in [3.05, 3.63) is 95.5 Å². The summed E-state index contributed by atoms with van der Waals surface area (Å²) in [4.78, 5) is 26.2. The first-order chi connectivity index (χ1) is 13.1. The zero-order chi connectivity index (χ0) is 18.8. The molecule has 0 fully saturated rings. The summed E-state index contributed by atoms with van der Waals surface area (Å²) in [5.74, 6) is 0.549. The highest BCUT2D eigenvalue weighted by Gasteiger charge is 2.32. The Morgan fingerprint density at radius 2 is 1.33 bits per heavy atom. The Morgan fingerprint density at radius 1 is 0.741 bits per heavy atom. The molecule has 2 amide bonds. The summed E-state index contributed by atoms with van der Waals surface area (Å²) in [5.41, 5.74) is 1.61. The molecule has 4 rings (SSSR count). The second-order valence-electron chi connectivity index (χ2n) is 5.95. The predicted octanol–water partition coefficient (Wildman–Crippen LogP) is 5.09. The fourth-order valence-corrected chi connectivity index (χ4v) is 2.97. The van der Waals surface area contributed by atoms with Crippen LogP contribution in [-0.4, -0.2) is 11.8 Å². The molecule has 0 spiro atoms. The summed E-state index contributed by atoms with van der Waals surface area (Å²) in [5, 5.41) is 0.630. The van der Waals surface area contributed by atoms with Crippen LogP contribution in [0, 0.1) is 0 Å². The lowest BCUT2D eigenvalue weighted by Gasteiger charge is -2.15. The molecule has 0 aliphatic carbocycles. The third-order valence-corrected chi connectivity index (χ3v) is 4.40. The number of halogens is 1. The molecule has 1 aliphatic rings. The van der Waals surface area contributed by atoms with Gasteiger partial charge in [0.05, 0.1) is 11.3 Å². The Kier molecular flexibility index (Phi) is 4.48. The Labute approximate surface area is 161 Å². The number of carbonyl (C=O) groups excluding carboxylic acids is 2. The van der Waals surface area contributed by atoms with Crippen LogP contribution in [0.4, 0.5) is 5.69 Å². The summed E-state index contributed by atoms with van der Waals surface area (Å²) < 4.78 is 5.74. The number of hydrogen-bond acceptors (Lipinski definition) is 3. The van der Waals surface area contributed by atoms with Crippen LogP contribution in [0.1, 0.15) is 5.56 Å². The fraction of sp³-hybridized carbons (Fsp3) is 0. The van der Waals surface area contributed by atoms with Crippen molar-refractivity contribution in [2.24, 2.45) is 0 Å². The molecule has 0 radical (unpaired) electrons. The average molecular weight is 376 g/mol. The maximum Gasteiger partial charge on any atom is 0.266 e. The molecule has 132 valence electrons. The van der Waals surface area contributed by atoms with Crippen molar-refractivity contribution in [3.63, 3.8) is 0 Å². The van der Waals surface area contributed by atoms with E-state index in [1.807, 2.05) is 30.3 Å². The van der Waals surface area contributed by atoms with E-state index >= 15 is 0 Å². The van der Waals surface area contributed by atoms with E-state index in [1.165, 1.54) is 6.08 Å². The Bertz CT molecular complexity index is 1030. The van der Waals surface area contributed by atoms with Crippen molar-refractivity contribution in [2.75, 3.05) is 4.90 Å². The first-order valence-electron chi connectivity index (χ1n) is 8.31. The van der Waals surface area contributed by atoms with Gasteiger partial charge in [-0.1, -0.05) is 41.9 Å². The topological polar surface area (TPSA) is 46.6 Å². The second-order valence-corrected chi connectivity index (χ2v) is 6.39. The zero-order valence-corrected chi connectivity index (χ0v) is 14.9. The van der Waals surface area contributed by atoms with Crippen molar-refractivity contribution in [2.45, 2.75) is 0 Å². The Hall–Kier alpha value is -3.37. The van der Waals surface area contributed by atoms with Crippen LogP contribution in [0.15, 0.2) is 84.9 Å². The quantitative estimate of drug-likeness (QED) is 0.597. The van der Waals surface area contributed by atoms with Crippen LogP contribution >= 0.6 is 11.6 Å². The van der Waals surface area contributed by atoms with E-state index in [-0.39, 0.29) is 11.8 Å². The van der Waals surface area contributed by atoms with Crippen molar-refractivity contribution in [1.82, 2.24) is 0 Å². The maximum atomic E-state index is 12.7. The zero-order valence-electron chi connectivity index (χ0n) is 14.1. The summed E-state index contributed by atoms with van der Waals surface area (Å²) in [6, 6.07) is 22.9. The van der Waals surface area contributed by atoms with E-state index in [0.29, 0.717) is 27.8 Å². The van der Waals surface area contributed by atoms with Crippen LogP contribution < -0.4 is 9.64 Å². The lowest BCUT2D eigenvalue weighted by molar-refractivity contribution is -0.119. The largest absolute Gasteiger partial charge is 0.457 e. The number of ether oxygens (including phenoxy) is 1. The first kappa shape index (κ1) is 17.1. The lowest BCUT2D eigenvalue weighted by atomic mass is 10.1. The molecule has 4 nitrogen and oxygen atoms in total. The molecule has 0 aromatic heterocycles. The standard InChI is InChI=1S/C22H14ClNO3/c23-16-6-10-18(11-7-16)27-19-12-8-17(9-13-19)24-21(25)14-20(22(24)26)15-4-2-1-3-5-15/h1-14H. The fourth-order valence-electron chi connectivity index (χ4n) is 2.84. The summed E-state index contributed by atoms with van der Waals surface area (Å²) in [6.07, 6.45) is 1.37. The van der Waals surface area contributed by atoms with Gasteiger partial charge in [0.1, 0.15) is 11.5 Å². The van der Waals surface area contributed by atoms with Crippen molar-refractivity contribution in [1.29, 1.82) is 0 Å². The summed E-state index contributed by atoms with van der Waals surface area (Å²) in [6.45, 7) is 0. The van der Waals surface area contributed by atoms with E-state index < -0.39 is 0 Å². The van der Waals surface area contributed by atoms with E-state index in [4.69, 9.17) is 16.3 Å². The van der Waals surface area contributed by atoms with Crippen LogP contribution in [-0.2, 0) is 9.59 Å². The van der Waals surface area contributed by atoms with Gasteiger partial charge in [-0.2, -0.15) is 0 Å². The summed E-state index contributed by atoms with van der Waals surface area (Å²) >= 11 is 5.86. The number of anilines is 1. The number of amides is 2. The average Bonchev–Trinajstić information content (AvgIpc) is 2.99. The maximum absolute atomic E-state index is 12.7. The first-order valence-corrected chi connectivity index (χ1v) is 8.69. The van der Waals surface area contributed by atoms with E-state index in [2.05, 4.69) is 0 Å². The highest BCUT2D eigenvalue weighted by Crippen LogP contribution is 2.30. The third-order valence-electron chi connectivity index (χ3n) is 4.15. The van der Waals surface area contributed by atoms with Crippen LogP contribution in [0.5, 0.6) is 11.5 Å². The number of nitrogens with zero attached hydrogens (tertiary/aromatic N) is 1. The third kappa shape index (κ3) is 3.48. The smallest absolute Gasteiger partial charge is 0.266 e. The SMILES string of the molecule is O=C1C=C(c2ccccc2)C(=O)N1c1ccc(Oc2ccc(Cl)cc2)cc1. The van der Waals surface area contributed by atoms with Gasteiger partial charge in [-0.15, -0.1) is 0 Å². The van der Waals surface area contributed by atoms with Crippen LogP contribution in [0.2, 0.25) is 5.02 Å². The van der Waals surface area contributed by atoms with Gasteiger partial charge in [0.15, 0.2) is 0 Å². The van der Waals surface area contributed by atoms with Crippen LogP contribution in [0.3, 0.4) is 0 Å². The monoisotopic (exact) mass is 375 g/mol. The molecule has 0 unspecified atom stereocenters. The Morgan fingerprint density at radius 3 is 1.96 bits per heavy atom. The molecule has 0 N–H and O–H groups in total. The molecule has 27 heavy (non-hydrogen) atoms. The van der Waals surface area contributed by atoms with Gasteiger partial charge < -0.3 is 4.74 Å². The minimum absolute atomic E-state index is 0.336. The molecule has 0 atom stereocenters. The number of hydrogen-bond donors (Lipinski definition) is 0. The van der Waals surface area contributed by atoms with Gasteiger partial charge in [0.2, 0.25) is 0 Å². The number of benzene rings is 3. The number of imide groups is 1. The van der Waals surface area contributed by atoms with Crippen molar-refractivity contribution < 1.29 is 14.3 Å². The molecular weight excluding hydrogens is 362 g/mol. The van der Waals surface area contributed by atoms with Gasteiger partial charge in [-0.05, 0) is 54.1 Å². The minimum Gasteiger partial charge on any atom is -0.457 e. The highest BCUT2D eigenvalue weighted by molar-refractivity contribution is 6.43. The van der Waals surface area contributed by atoms with Gasteiger partial charge in [-0.3, -0.25) is 9.59 Å². The van der Waals surface area contributed by atoms with E-state index in [9.17, 15) is 9.59 Å². The van der Waals surface area contributed by atoms with Crippen molar-refractivity contribution in [3.8, 4) is 11.5 Å². The molecule has 3 aromatic rings. The van der Waals surface area contributed by atoms with Gasteiger partial charge in [-0.25, -0.2) is 4.90 Å². The van der Waals surface area contributed by atoms with Gasteiger partial charge >= 0.3 is 0 Å². The van der Waals surface area contributed by atoms with Gasteiger partial charge in [0.25, 0.3) is 11.8 Å². The molecule has 5 heteroatoms. The van der Waals surface area contributed by atoms with Gasteiger partial charge in [0, 0.05) is 11.1 Å². The second kappa shape index (κ2) is 7.09. The molecule has 0 saturated heterocycles. The minimum atomic E-state index is -0.356. The molecule has 0 bridgehead atoms. The van der Waals surface area contributed by atoms with Crippen molar-refractivity contribution >= 4 is 34.7 Å². The molecule has 3 aromatic carbocycles. The van der Waals surface area contributed by atoms with E-state index in [1.54, 1.807) is 48.5 Å². The molecule has 1 heterocycles.